The van der Waals surface area contributed by atoms with Crippen LogP contribution in [0.5, 0.6) is 0 Å². The smallest absolute Gasteiger partial charge is 0.0840 e. The maximum absolute atomic E-state index is 10.5. The van der Waals surface area contributed by atoms with Crippen LogP contribution in [0.25, 0.3) is 0 Å². The van der Waals surface area contributed by atoms with Crippen LogP contribution >= 0.6 is 0 Å². The van der Waals surface area contributed by atoms with E-state index in [0.717, 1.165) is 19.3 Å². The Hall–Kier alpha value is -0.440. The molecule has 1 aliphatic rings. The van der Waals surface area contributed by atoms with Gasteiger partial charge in [-0.1, -0.05) is 37.3 Å². The van der Waals surface area contributed by atoms with Gasteiger partial charge < -0.3 is 4.74 Å². The molecule has 0 amide bonds. The fourth-order valence-electron chi connectivity index (χ4n) is 2.72. The van der Waals surface area contributed by atoms with Gasteiger partial charge in [0.25, 0.3) is 0 Å². The second-order valence-corrected chi connectivity index (χ2v) is 5.57. The van der Waals surface area contributed by atoms with E-state index in [2.05, 4.69) is 19.0 Å². The molecule has 0 saturated heterocycles. The molecule has 0 N–H and O–H groups in total. The molecule has 100 valence electrons. The monoisotopic (exact) mass is 241 g/mol. The van der Waals surface area contributed by atoms with Crippen molar-refractivity contribution >= 4 is 0 Å². The van der Waals surface area contributed by atoms with Gasteiger partial charge >= 0.3 is 0 Å². The summed E-state index contributed by atoms with van der Waals surface area (Å²) in [6.07, 6.45) is 10.4. The van der Waals surface area contributed by atoms with Crippen LogP contribution < -0.4 is 0 Å². The molecule has 1 fully saturated rings. The lowest BCUT2D eigenvalue weighted by molar-refractivity contribution is -0.0122. The molecule has 0 bridgehead atoms. The molecule has 1 aliphatic carbocycles. The molecule has 1 saturated carbocycles. The minimum Gasteiger partial charge on any atom is -0.376 e. The number of ether oxygens (including phenoxy) is 1. The molecule has 3 heteroatoms. The van der Waals surface area contributed by atoms with E-state index in [1.54, 1.807) is 0 Å². The van der Waals surface area contributed by atoms with Crippen LogP contribution in [0, 0.1) is 10.8 Å². The van der Waals surface area contributed by atoms with Crippen molar-refractivity contribution in [3.05, 3.63) is 4.91 Å². The highest BCUT2D eigenvalue weighted by Gasteiger charge is 2.19. The van der Waals surface area contributed by atoms with Gasteiger partial charge in [0, 0.05) is 0 Å². The number of nitrogens with zero attached hydrogens (tertiary/aromatic N) is 1. The lowest BCUT2D eigenvalue weighted by Crippen LogP contribution is -2.23. The van der Waals surface area contributed by atoms with Crippen LogP contribution in [0.2, 0.25) is 0 Å². The van der Waals surface area contributed by atoms with Gasteiger partial charge in [0.1, 0.15) is 0 Å². The van der Waals surface area contributed by atoms with E-state index in [-0.39, 0.29) is 6.10 Å². The first-order valence-corrected chi connectivity index (χ1v) is 7.17. The molecule has 0 aromatic heterocycles. The third-order valence-electron chi connectivity index (χ3n) is 3.53. The summed E-state index contributed by atoms with van der Waals surface area (Å²) in [6.45, 7) is 4.65. The molecule has 0 aromatic carbocycles. The molecule has 1 rings (SSSR count). The molecular weight excluding hydrogens is 214 g/mol. The Bertz CT molecular complexity index is 206. The Morgan fingerprint density at radius 2 is 1.76 bits per heavy atom. The van der Waals surface area contributed by atoms with E-state index in [4.69, 9.17) is 4.74 Å². The molecule has 0 aromatic rings. The summed E-state index contributed by atoms with van der Waals surface area (Å²) in [5, 5.41) is 3.09. The Morgan fingerprint density at radius 3 is 2.41 bits per heavy atom. The number of hydrogen-bond donors (Lipinski definition) is 0. The van der Waals surface area contributed by atoms with Crippen LogP contribution in [0.1, 0.15) is 65.2 Å². The van der Waals surface area contributed by atoms with E-state index >= 15 is 0 Å². The van der Waals surface area contributed by atoms with E-state index in [0.29, 0.717) is 18.6 Å². The molecule has 0 aliphatic heterocycles. The summed E-state index contributed by atoms with van der Waals surface area (Å²) in [7, 11) is 0. The standard InChI is InChI=1S/C14H27NO2/c1-12(2)17-14-9-7-5-3-4-6-8-13(10-14)11-15-16/h12-14H,3-11H2,1-2H3. The second-order valence-electron chi connectivity index (χ2n) is 5.57. The summed E-state index contributed by atoms with van der Waals surface area (Å²) >= 11 is 0. The van der Waals surface area contributed by atoms with E-state index in [1.807, 2.05) is 0 Å². The van der Waals surface area contributed by atoms with E-state index in [1.165, 1.54) is 32.1 Å². The highest BCUT2D eigenvalue weighted by Crippen LogP contribution is 2.24. The molecule has 0 radical (unpaired) electrons. The zero-order valence-corrected chi connectivity index (χ0v) is 11.4. The third kappa shape index (κ3) is 6.77. The van der Waals surface area contributed by atoms with Crippen molar-refractivity contribution in [2.45, 2.75) is 77.4 Å². The molecule has 2 unspecified atom stereocenters. The second kappa shape index (κ2) is 8.62. The lowest BCUT2D eigenvalue weighted by Gasteiger charge is -2.25. The first-order valence-electron chi connectivity index (χ1n) is 7.17. The van der Waals surface area contributed by atoms with Crippen LogP contribution in [0.3, 0.4) is 0 Å². The van der Waals surface area contributed by atoms with Gasteiger partial charge in [-0.3, -0.25) is 0 Å². The topological polar surface area (TPSA) is 38.7 Å². The SMILES string of the molecule is CC(C)OC1CCCCCCCC(CN=O)C1. The number of rotatable bonds is 4. The Kier molecular flexibility index (Phi) is 7.41. The van der Waals surface area contributed by atoms with Crippen molar-refractivity contribution in [3.8, 4) is 0 Å². The average molecular weight is 241 g/mol. The Morgan fingerprint density at radius 1 is 1.12 bits per heavy atom. The summed E-state index contributed by atoms with van der Waals surface area (Å²) in [4.78, 5) is 10.5. The molecule has 17 heavy (non-hydrogen) atoms. The predicted octanol–water partition coefficient (Wildman–Crippen LogP) is 4.30. The van der Waals surface area contributed by atoms with Crippen molar-refractivity contribution in [2.75, 3.05) is 6.54 Å². The fourth-order valence-corrected chi connectivity index (χ4v) is 2.72. The summed E-state index contributed by atoms with van der Waals surface area (Å²) in [6, 6.07) is 0. The average Bonchev–Trinajstić information content (AvgIpc) is 2.27. The van der Waals surface area contributed by atoms with Gasteiger partial charge in [0.15, 0.2) is 0 Å². The zero-order valence-electron chi connectivity index (χ0n) is 11.4. The highest BCUT2D eigenvalue weighted by atomic mass is 16.5. The third-order valence-corrected chi connectivity index (χ3v) is 3.53. The Labute approximate surface area is 105 Å². The molecule has 0 spiro atoms. The Balaban J connectivity index is 2.48. The number of hydrogen-bond acceptors (Lipinski definition) is 3. The molecule has 3 nitrogen and oxygen atoms in total. The van der Waals surface area contributed by atoms with Crippen LogP contribution in [0.15, 0.2) is 5.18 Å². The van der Waals surface area contributed by atoms with Crippen molar-refractivity contribution in [1.29, 1.82) is 0 Å². The fraction of sp³-hybridized carbons (Fsp3) is 1.00. The molecule has 2 atom stereocenters. The van der Waals surface area contributed by atoms with Gasteiger partial charge in [0.05, 0.1) is 18.8 Å². The largest absolute Gasteiger partial charge is 0.376 e. The van der Waals surface area contributed by atoms with Gasteiger partial charge in [-0.2, -0.15) is 4.91 Å². The van der Waals surface area contributed by atoms with Crippen LogP contribution in [-0.4, -0.2) is 18.8 Å². The minimum atomic E-state index is 0.285. The van der Waals surface area contributed by atoms with Gasteiger partial charge in [-0.25, -0.2) is 0 Å². The molecular formula is C14H27NO2. The van der Waals surface area contributed by atoms with E-state index < -0.39 is 0 Å². The summed E-state index contributed by atoms with van der Waals surface area (Å²) in [5.74, 6) is 0.439. The van der Waals surface area contributed by atoms with Crippen molar-refractivity contribution in [1.82, 2.24) is 0 Å². The van der Waals surface area contributed by atoms with Crippen molar-refractivity contribution in [3.63, 3.8) is 0 Å². The number of nitroso groups, excluding NO2 is 1. The predicted molar refractivity (Wildman–Crippen MR) is 71.1 cm³/mol. The van der Waals surface area contributed by atoms with Gasteiger partial charge in [-0.15, -0.1) is 0 Å². The first-order chi connectivity index (χ1) is 8.22. The van der Waals surface area contributed by atoms with Crippen LogP contribution in [0.4, 0.5) is 0 Å². The first kappa shape index (κ1) is 14.6. The quantitative estimate of drug-likeness (QED) is 0.688. The summed E-state index contributed by atoms with van der Waals surface area (Å²) < 4.78 is 5.96. The normalized spacial score (nSPS) is 27.9. The van der Waals surface area contributed by atoms with Gasteiger partial charge in [-0.05, 0) is 39.0 Å². The lowest BCUT2D eigenvalue weighted by atomic mass is 9.90. The highest BCUT2D eigenvalue weighted by molar-refractivity contribution is 4.71. The van der Waals surface area contributed by atoms with E-state index in [9.17, 15) is 4.91 Å². The van der Waals surface area contributed by atoms with Crippen LogP contribution in [-0.2, 0) is 4.74 Å². The van der Waals surface area contributed by atoms with Gasteiger partial charge in [0.2, 0.25) is 0 Å². The maximum Gasteiger partial charge on any atom is 0.0840 e. The maximum atomic E-state index is 10.5. The zero-order chi connectivity index (χ0) is 12.5. The van der Waals surface area contributed by atoms with Crippen molar-refractivity contribution in [2.24, 2.45) is 11.1 Å². The summed E-state index contributed by atoms with van der Waals surface area (Å²) in [5.41, 5.74) is 0. The van der Waals surface area contributed by atoms with Crippen molar-refractivity contribution < 1.29 is 4.74 Å². The minimum absolute atomic E-state index is 0.285. The molecule has 0 heterocycles.